The van der Waals surface area contributed by atoms with E-state index in [9.17, 15) is 23.1 Å². The van der Waals surface area contributed by atoms with Crippen LogP contribution < -0.4 is 0 Å². The van der Waals surface area contributed by atoms with Crippen molar-refractivity contribution in [2.75, 3.05) is 46.6 Å². The minimum absolute atomic E-state index is 0.0582. The van der Waals surface area contributed by atoms with Gasteiger partial charge < -0.3 is 19.5 Å². The first-order valence-corrected chi connectivity index (χ1v) is 12.8. The molecule has 2 saturated heterocycles. The van der Waals surface area contributed by atoms with Crippen molar-refractivity contribution in [2.24, 2.45) is 0 Å². The number of ether oxygens (including phenoxy) is 2. The van der Waals surface area contributed by atoms with E-state index in [-0.39, 0.29) is 42.3 Å². The Balaban J connectivity index is 1.74. The van der Waals surface area contributed by atoms with Crippen LogP contribution in [0, 0.1) is 0 Å². The molecule has 2 aromatic rings. The summed E-state index contributed by atoms with van der Waals surface area (Å²) < 4.78 is 37.4. The average Bonchev–Trinajstić information content (AvgIpc) is 3.12. The molecule has 0 saturated carbocycles. The van der Waals surface area contributed by atoms with E-state index >= 15 is 0 Å². The first kappa shape index (κ1) is 25.3. The minimum atomic E-state index is -3.72. The number of ketones is 1. The van der Waals surface area contributed by atoms with E-state index in [1.807, 2.05) is 0 Å². The number of rotatable bonds is 7. The Morgan fingerprint density at radius 2 is 1.83 bits per heavy atom. The summed E-state index contributed by atoms with van der Waals surface area (Å²) in [6.07, 6.45) is 0. The van der Waals surface area contributed by atoms with Gasteiger partial charge in [-0.1, -0.05) is 23.7 Å². The van der Waals surface area contributed by atoms with Crippen molar-refractivity contribution in [3.63, 3.8) is 0 Å². The molecule has 1 unspecified atom stereocenters. The Morgan fingerprint density at radius 3 is 2.46 bits per heavy atom. The smallest absolute Gasteiger partial charge is 0.295 e. The number of benzene rings is 2. The van der Waals surface area contributed by atoms with Gasteiger partial charge in [-0.3, -0.25) is 9.59 Å². The maximum Gasteiger partial charge on any atom is 0.295 e. The van der Waals surface area contributed by atoms with Gasteiger partial charge in [-0.15, -0.1) is 0 Å². The number of hydrogen-bond donors (Lipinski definition) is 1. The highest BCUT2D eigenvalue weighted by atomic mass is 35.5. The molecule has 2 aromatic carbocycles. The molecule has 0 aromatic heterocycles. The summed E-state index contributed by atoms with van der Waals surface area (Å²) in [7, 11) is -2.24. The molecule has 2 heterocycles. The molecular formula is C24H25ClN2O7S. The van der Waals surface area contributed by atoms with E-state index in [1.54, 1.807) is 24.3 Å². The number of amides is 1. The van der Waals surface area contributed by atoms with Gasteiger partial charge in [0.25, 0.3) is 11.7 Å². The quantitative estimate of drug-likeness (QED) is 0.339. The van der Waals surface area contributed by atoms with Gasteiger partial charge in [0.2, 0.25) is 10.0 Å². The lowest BCUT2D eigenvalue weighted by Crippen LogP contribution is -2.40. The van der Waals surface area contributed by atoms with Crippen LogP contribution in [0.15, 0.2) is 59.0 Å². The van der Waals surface area contributed by atoms with Gasteiger partial charge in [0, 0.05) is 37.3 Å². The van der Waals surface area contributed by atoms with E-state index < -0.39 is 33.5 Å². The lowest BCUT2D eigenvalue weighted by Gasteiger charge is -2.26. The van der Waals surface area contributed by atoms with Crippen LogP contribution in [-0.2, 0) is 29.1 Å². The van der Waals surface area contributed by atoms with Gasteiger partial charge in [-0.05, 0) is 42.0 Å². The van der Waals surface area contributed by atoms with Gasteiger partial charge in [0.1, 0.15) is 5.76 Å². The Labute approximate surface area is 208 Å². The van der Waals surface area contributed by atoms with Crippen LogP contribution in [0.5, 0.6) is 0 Å². The summed E-state index contributed by atoms with van der Waals surface area (Å²) in [5.41, 5.74) is 0.667. The Morgan fingerprint density at radius 1 is 1.14 bits per heavy atom. The molecule has 11 heteroatoms. The third-order valence-electron chi connectivity index (χ3n) is 5.98. The molecule has 2 aliphatic rings. The van der Waals surface area contributed by atoms with E-state index in [0.717, 1.165) is 0 Å². The zero-order valence-corrected chi connectivity index (χ0v) is 20.6. The van der Waals surface area contributed by atoms with Gasteiger partial charge >= 0.3 is 0 Å². The number of aliphatic hydroxyl groups is 1. The first-order valence-electron chi connectivity index (χ1n) is 11.0. The zero-order valence-electron chi connectivity index (χ0n) is 19.0. The number of methoxy groups -OCH3 is 1. The molecule has 0 bridgehead atoms. The summed E-state index contributed by atoms with van der Waals surface area (Å²) >= 11 is 6.16. The highest BCUT2D eigenvalue weighted by Crippen LogP contribution is 2.40. The summed E-state index contributed by atoms with van der Waals surface area (Å²) in [6, 6.07) is 11.4. The second-order valence-electron chi connectivity index (χ2n) is 8.08. The fourth-order valence-corrected chi connectivity index (χ4v) is 5.81. The van der Waals surface area contributed by atoms with Crippen LogP contribution in [0.1, 0.15) is 17.2 Å². The van der Waals surface area contributed by atoms with Crippen LogP contribution in [0.4, 0.5) is 0 Å². The van der Waals surface area contributed by atoms with Gasteiger partial charge in [0.15, 0.2) is 0 Å². The molecule has 4 rings (SSSR count). The highest BCUT2D eigenvalue weighted by Gasteiger charge is 2.46. The van der Waals surface area contributed by atoms with Crippen LogP contribution in [-0.4, -0.2) is 81.0 Å². The topological polar surface area (TPSA) is 113 Å². The molecule has 1 N–H and O–H groups in total. The SMILES string of the molecule is COCCN1C(=O)C(=O)/C(=C(\O)c2ccc(S(=O)(=O)N3CCOCC3)cc2)C1c1cccc(Cl)c1. The first-order chi connectivity index (χ1) is 16.8. The number of carbonyl (C=O) groups excluding carboxylic acids is 2. The molecule has 0 aliphatic carbocycles. The van der Waals surface area contributed by atoms with E-state index in [4.69, 9.17) is 21.1 Å². The van der Waals surface area contributed by atoms with Gasteiger partial charge in [-0.2, -0.15) is 4.31 Å². The molecule has 2 aliphatic heterocycles. The lowest BCUT2D eigenvalue weighted by atomic mass is 9.95. The van der Waals surface area contributed by atoms with E-state index in [2.05, 4.69) is 0 Å². The molecule has 1 atom stereocenters. The molecular weight excluding hydrogens is 496 g/mol. The van der Waals surface area contributed by atoms with Crippen molar-refractivity contribution >= 4 is 39.1 Å². The molecule has 35 heavy (non-hydrogen) atoms. The number of halogens is 1. The predicted molar refractivity (Wildman–Crippen MR) is 128 cm³/mol. The molecule has 0 radical (unpaired) electrons. The van der Waals surface area contributed by atoms with E-state index in [0.29, 0.717) is 23.8 Å². The summed E-state index contributed by atoms with van der Waals surface area (Å²) in [6.45, 7) is 1.49. The molecule has 1 amide bonds. The summed E-state index contributed by atoms with van der Waals surface area (Å²) in [4.78, 5) is 27.2. The Hall–Kier alpha value is -2.76. The number of hydrogen-bond acceptors (Lipinski definition) is 7. The average molecular weight is 521 g/mol. The van der Waals surface area contributed by atoms with Crippen LogP contribution >= 0.6 is 11.6 Å². The third kappa shape index (κ3) is 4.98. The fraction of sp³-hybridized carbons (Fsp3) is 0.333. The Kier molecular flexibility index (Phi) is 7.58. The normalized spacial score (nSPS) is 21.0. The molecule has 2 fully saturated rings. The number of nitrogens with zero attached hydrogens (tertiary/aromatic N) is 2. The van der Waals surface area contributed by atoms with Crippen LogP contribution in [0.25, 0.3) is 5.76 Å². The number of aliphatic hydroxyl groups excluding tert-OH is 1. The van der Waals surface area contributed by atoms with Crippen molar-refractivity contribution in [1.82, 2.24) is 9.21 Å². The van der Waals surface area contributed by atoms with E-state index in [1.165, 1.54) is 40.6 Å². The lowest BCUT2D eigenvalue weighted by molar-refractivity contribution is -0.140. The van der Waals surface area contributed by atoms with Gasteiger partial charge in [-0.25, -0.2) is 8.42 Å². The fourth-order valence-electron chi connectivity index (χ4n) is 4.20. The largest absolute Gasteiger partial charge is 0.507 e. The standard InChI is InChI=1S/C24H25ClN2O7S/c1-33-12-11-27-21(17-3-2-4-18(25)15-17)20(23(29)24(27)30)22(28)16-5-7-19(8-6-16)35(31,32)26-9-13-34-14-10-26/h2-8,15,21,28H,9-14H2,1H3/b22-20-. The van der Waals surface area contributed by atoms with Crippen LogP contribution in [0.2, 0.25) is 5.02 Å². The molecule has 0 spiro atoms. The third-order valence-corrected chi connectivity index (χ3v) is 8.12. The molecule has 9 nitrogen and oxygen atoms in total. The molecule has 186 valence electrons. The number of Topliss-reactive ketones (excluding diaryl/α,β-unsaturated/α-hetero) is 1. The maximum atomic E-state index is 13.0. The second-order valence-corrected chi connectivity index (χ2v) is 10.5. The minimum Gasteiger partial charge on any atom is -0.507 e. The highest BCUT2D eigenvalue weighted by molar-refractivity contribution is 7.89. The maximum absolute atomic E-state index is 13.0. The van der Waals surface area contributed by atoms with Crippen molar-refractivity contribution < 1.29 is 32.6 Å². The Bertz CT molecular complexity index is 1250. The number of likely N-dealkylation sites (tertiary alicyclic amines) is 1. The number of sulfonamides is 1. The van der Waals surface area contributed by atoms with Crippen LogP contribution in [0.3, 0.4) is 0 Å². The summed E-state index contributed by atoms with van der Waals surface area (Å²) in [5.74, 6) is -2.00. The van der Waals surface area contributed by atoms with Crippen molar-refractivity contribution in [1.29, 1.82) is 0 Å². The zero-order chi connectivity index (χ0) is 25.2. The monoisotopic (exact) mass is 520 g/mol. The summed E-state index contributed by atoms with van der Waals surface area (Å²) in [5, 5.41) is 11.5. The second kappa shape index (κ2) is 10.5. The number of morpholine rings is 1. The van der Waals surface area contributed by atoms with Gasteiger partial charge in [0.05, 0.1) is 36.3 Å². The van der Waals surface area contributed by atoms with Crippen molar-refractivity contribution in [2.45, 2.75) is 10.9 Å². The van der Waals surface area contributed by atoms with Crippen molar-refractivity contribution in [3.05, 3.63) is 70.3 Å². The van der Waals surface area contributed by atoms with Crippen molar-refractivity contribution in [3.8, 4) is 0 Å². The number of carbonyl (C=O) groups is 2. The predicted octanol–water partition coefficient (Wildman–Crippen LogP) is 2.43.